The number of amides is 1. The highest BCUT2D eigenvalue weighted by atomic mass is 16.2. The van der Waals surface area contributed by atoms with Crippen molar-refractivity contribution in [2.75, 3.05) is 33.2 Å². The molecule has 0 aromatic carbocycles. The van der Waals surface area contributed by atoms with E-state index in [0.717, 1.165) is 30.8 Å². The molecule has 144 valence electrons. The molecule has 0 fully saturated rings. The van der Waals surface area contributed by atoms with Gasteiger partial charge in [0.05, 0.1) is 0 Å². The Bertz CT molecular complexity index is 705. The molecule has 0 spiro atoms. The van der Waals surface area contributed by atoms with Gasteiger partial charge >= 0.3 is 0 Å². The van der Waals surface area contributed by atoms with E-state index in [4.69, 9.17) is 0 Å². The minimum absolute atomic E-state index is 0.0205. The molecule has 1 amide bonds. The summed E-state index contributed by atoms with van der Waals surface area (Å²) in [5, 5.41) is 6.40. The van der Waals surface area contributed by atoms with Gasteiger partial charge in [-0.1, -0.05) is 12.1 Å². The van der Waals surface area contributed by atoms with Crippen LogP contribution in [0.1, 0.15) is 18.3 Å². The van der Waals surface area contributed by atoms with Gasteiger partial charge in [0.15, 0.2) is 5.96 Å². The maximum atomic E-state index is 12.3. The van der Waals surface area contributed by atoms with Gasteiger partial charge in [-0.3, -0.25) is 14.8 Å². The summed E-state index contributed by atoms with van der Waals surface area (Å²) in [6, 6.07) is 11.7. The molecule has 2 N–H and O–H groups in total. The summed E-state index contributed by atoms with van der Waals surface area (Å²) in [4.78, 5) is 27.0. The molecule has 2 aromatic heterocycles. The third-order valence-electron chi connectivity index (χ3n) is 3.97. The minimum atomic E-state index is -0.0205. The van der Waals surface area contributed by atoms with E-state index in [-0.39, 0.29) is 12.5 Å². The molecule has 0 aliphatic carbocycles. The Kier molecular flexibility index (Phi) is 8.76. The lowest BCUT2D eigenvalue weighted by molar-refractivity contribution is -0.128. The van der Waals surface area contributed by atoms with Gasteiger partial charge in [-0.2, -0.15) is 0 Å². The molecule has 27 heavy (non-hydrogen) atoms. The normalized spacial score (nSPS) is 11.1. The highest BCUT2D eigenvalue weighted by Gasteiger charge is 2.09. The van der Waals surface area contributed by atoms with Crippen molar-refractivity contribution in [3.63, 3.8) is 0 Å². The molecule has 2 aromatic rings. The molecule has 2 rings (SSSR count). The SMILES string of the molecule is CCNC(=NCC(=O)N(C)CCc1ccccn1)NCCc1ccccn1. The first-order valence-electron chi connectivity index (χ1n) is 9.25. The quantitative estimate of drug-likeness (QED) is 0.515. The number of guanidine groups is 1. The molecule has 0 saturated heterocycles. The van der Waals surface area contributed by atoms with Crippen LogP contribution in [0.2, 0.25) is 0 Å². The Morgan fingerprint density at radius 3 is 2.30 bits per heavy atom. The number of likely N-dealkylation sites (N-methyl/N-ethyl adjacent to an activating group) is 1. The number of aliphatic imine (C=N–C) groups is 1. The summed E-state index contributed by atoms with van der Waals surface area (Å²) in [7, 11) is 1.79. The van der Waals surface area contributed by atoms with Crippen molar-refractivity contribution in [1.29, 1.82) is 0 Å². The van der Waals surface area contributed by atoms with Crippen molar-refractivity contribution in [1.82, 2.24) is 25.5 Å². The first-order chi connectivity index (χ1) is 13.2. The van der Waals surface area contributed by atoms with E-state index in [1.54, 1.807) is 24.3 Å². The highest BCUT2D eigenvalue weighted by Crippen LogP contribution is 1.97. The zero-order valence-corrected chi connectivity index (χ0v) is 16.1. The molecular formula is C20H28N6O. The number of rotatable bonds is 9. The predicted octanol–water partition coefficient (Wildman–Crippen LogP) is 1.28. The van der Waals surface area contributed by atoms with Gasteiger partial charge in [-0.25, -0.2) is 4.99 Å². The van der Waals surface area contributed by atoms with Crippen LogP contribution in [0.25, 0.3) is 0 Å². The summed E-state index contributed by atoms with van der Waals surface area (Å²) < 4.78 is 0. The lowest BCUT2D eigenvalue weighted by Crippen LogP contribution is -2.39. The molecular weight excluding hydrogens is 340 g/mol. The van der Waals surface area contributed by atoms with Crippen LogP contribution in [0, 0.1) is 0 Å². The van der Waals surface area contributed by atoms with Crippen molar-refractivity contribution >= 4 is 11.9 Å². The van der Waals surface area contributed by atoms with E-state index >= 15 is 0 Å². The molecule has 0 aliphatic heterocycles. The maximum absolute atomic E-state index is 12.3. The summed E-state index contributed by atoms with van der Waals surface area (Å²) in [6.45, 7) is 4.16. The van der Waals surface area contributed by atoms with E-state index < -0.39 is 0 Å². The Hall–Kier alpha value is -2.96. The van der Waals surface area contributed by atoms with Crippen molar-refractivity contribution in [3.05, 3.63) is 60.2 Å². The lowest BCUT2D eigenvalue weighted by atomic mass is 10.2. The van der Waals surface area contributed by atoms with Crippen LogP contribution in [0.4, 0.5) is 0 Å². The molecule has 7 heteroatoms. The predicted molar refractivity (Wildman–Crippen MR) is 108 cm³/mol. The van der Waals surface area contributed by atoms with Crippen LogP contribution in [0.5, 0.6) is 0 Å². The standard InChI is InChI=1S/C20H28N6O/c1-3-21-20(24-14-10-17-8-4-6-12-22-17)25-16-19(27)26(2)15-11-18-9-5-7-13-23-18/h4-9,12-13H,3,10-11,14-16H2,1-2H3,(H2,21,24,25). The average Bonchev–Trinajstić information content (AvgIpc) is 2.71. The number of carbonyl (C=O) groups excluding carboxylic acids is 1. The minimum Gasteiger partial charge on any atom is -0.357 e. The van der Waals surface area contributed by atoms with Gasteiger partial charge in [0.1, 0.15) is 6.54 Å². The fraction of sp³-hybridized carbons (Fsp3) is 0.400. The second-order valence-corrected chi connectivity index (χ2v) is 6.08. The zero-order valence-electron chi connectivity index (χ0n) is 16.1. The van der Waals surface area contributed by atoms with Crippen LogP contribution in [0.3, 0.4) is 0 Å². The molecule has 0 radical (unpaired) electrons. The van der Waals surface area contributed by atoms with Crippen LogP contribution in [0.15, 0.2) is 53.8 Å². The average molecular weight is 368 g/mol. The molecule has 0 atom stereocenters. The van der Waals surface area contributed by atoms with Crippen molar-refractivity contribution in [2.24, 2.45) is 4.99 Å². The summed E-state index contributed by atoms with van der Waals surface area (Å²) in [6.07, 6.45) is 5.08. The summed E-state index contributed by atoms with van der Waals surface area (Å²) >= 11 is 0. The Morgan fingerprint density at radius 1 is 1.04 bits per heavy atom. The third-order valence-corrected chi connectivity index (χ3v) is 3.97. The fourth-order valence-electron chi connectivity index (χ4n) is 2.42. The zero-order chi connectivity index (χ0) is 19.3. The van der Waals surface area contributed by atoms with E-state index in [0.29, 0.717) is 19.0 Å². The number of nitrogens with zero attached hydrogens (tertiary/aromatic N) is 4. The smallest absolute Gasteiger partial charge is 0.244 e. The Morgan fingerprint density at radius 2 is 1.70 bits per heavy atom. The van der Waals surface area contributed by atoms with Crippen LogP contribution >= 0.6 is 0 Å². The van der Waals surface area contributed by atoms with Gasteiger partial charge in [0, 0.05) is 63.3 Å². The molecule has 7 nitrogen and oxygen atoms in total. The highest BCUT2D eigenvalue weighted by molar-refractivity contribution is 5.84. The van der Waals surface area contributed by atoms with E-state index in [1.165, 1.54) is 0 Å². The van der Waals surface area contributed by atoms with Gasteiger partial charge < -0.3 is 15.5 Å². The number of hydrogen-bond acceptors (Lipinski definition) is 4. The number of pyridine rings is 2. The van der Waals surface area contributed by atoms with Crippen LogP contribution in [-0.4, -0.2) is 60.0 Å². The lowest BCUT2D eigenvalue weighted by Gasteiger charge is -2.16. The summed E-state index contributed by atoms with van der Waals surface area (Å²) in [5.41, 5.74) is 2.00. The summed E-state index contributed by atoms with van der Waals surface area (Å²) in [5.74, 6) is 0.618. The molecule has 0 saturated carbocycles. The van der Waals surface area contributed by atoms with E-state index in [1.807, 2.05) is 43.3 Å². The van der Waals surface area contributed by atoms with Crippen molar-refractivity contribution in [3.8, 4) is 0 Å². The number of aromatic nitrogens is 2. The van der Waals surface area contributed by atoms with Crippen LogP contribution in [-0.2, 0) is 17.6 Å². The van der Waals surface area contributed by atoms with Crippen molar-refractivity contribution in [2.45, 2.75) is 19.8 Å². The fourth-order valence-corrected chi connectivity index (χ4v) is 2.42. The Balaban J connectivity index is 1.77. The number of nitrogens with one attached hydrogen (secondary N) is 2. The molecule has 2 heterocycles. The van der Waals surface area contributed by atoms with Gasteiger partial charge in [-0.05, 0) is 31.2 Å². The van der Waals surface area contributed by atoms with Gasteiger partial charge in [0.25, 0.3) is 0 Å². The van der Waals surface area contributed by atoms with Crippen molar-refractivity contribution < 1.29 is 4.79 Å². The molecule has 0 bridgehead atoms. The second kappa shape index (κ2) is 11.6. The van der Waals surface area contributed by atoms with E-state index in [9.17, 15) is 4.79 Å². The first-order valence-corrected chi connectivity index (χ1v) is 9.25. The van der Waals surface area contributed by atoms with Gasteiger partial charge in [-0.15, -0.1) is 0 Å². The molecule has 0 unspecified atom stereocenters. The second-order valence-electron chi connectivity index (χ2n) is 6.08. The van der Waals surface area contributed by atoms with E-state index in [2.05, 4.69) is 25.6 Å². The largest absolute Gasteiger partial charge is 0.357 e. The van der Waals surface area contributed by atoms with Gasteiger partial charge in [0.2, 0.25) is 5.91 Å². The maximum Gasteiger partial charge on any atom is 0.244 e. The molecule has 0 aliphatic rings. The topological polar surface area (TPSA) is 82.5 Å². The monoisotopic (exact) mass is 368 g/mol. The third kappa shape index (κ3) is 7.85. The number of carbonyl (C=O) groups is 1. The number of hydrogen-bond donors (Lipinski definition) is 2. The van der Waals surface area contributed by atoms with Crippen LogP contribution < -0.4 is 10.6 Å². The Labute approximate surface area is 160 Å². The first kappa shape index (κ1) is 20.4.